The van der Waals surface area contributed by atoms with Crippen molar-refractivity contribution in [3.63, 3.8) is 0 Å². The topological polar surface area (TPSA) is 34.9 Å². The molecule has 15 heavy (non-hydrogen) atoms. The van der Waals surface area contributed by atoms with Crippen LogP contribution >= 0.6 is 0 Å². The molecule has 1 rings (SSSR count). The fraction of sp³-hybridized carbons (Fsp3) is 0.556. The summed E-state index contributed by atoms with van der Waals surface area (Å²) < 4.78 is 38.2. The maximum atomic E-state index is 12.4. The molecule has 1 heterocycles. The summed E-state index contributed by atoms with van der Waals surface area (Å²) in [5, 5.41) is 3.49. The van der Waals surface area contributed by atoms with Gasteiger partial charge >= 0.3 is 6.18 Å². The highest BCUT2D eigenvalue weighted by Gasteiger charge is 2.34. The van der Waals surface area contributed by atoms with Gasteiger partial charge in [0.15, 0.2) is 0 Å². The molecule has 0 bridgehead atoms. The first-order valence-corrected chi connectivity index (χ1v) is 4.40. The zero-order valence-corrected chi connectivity index (χ0v) is 8.59. The molecule has 0 aliphatic heterocycles. The van der Waals surface area contributed by atoms with E-state index in [9.17, 15) is 18.0 Å². The number of rotatable bonds is 1. The fourth-order valence-electron chi connectivity index (χ4n) is 1.21. The molecule has 0 aliphatic rings. The Balaban J connectivity index is 3.42. The zero-order chi connectivity index (χ0) is 11.8. The largest absolute Gasteiger partial charge is 0.418 e. The third-order valence-electron chi connectivity index (χ3n) is 2.04. The molecule has 0 saturated carbocycles. The van der Waals surface area contributed by atoms with Gasteiger partial charge in [-0.1, -0.05) is 0 Å². The van der Waals surface area contributed by atoms with Crippen molar-refractivity contribution < 1.29 is 13.2 Å². The average molecular weight is 220 g/mol. The van der Waals surface area contributed by atoms with Gasteiger partial charge in [-0.25, -0.2) is 4.68 Å². The van der Waals surface area contributed by atoms with E-state index in [1.807, 2.05) is 0 Å². The van der Waals surface area contributed by atoms with Crippen molar-refractivity contribution in [1.82, 2.24) is 9.78 Å². The summed E-state index contributed by atoms with van der Waals surface area (Å²) in [4.78, 5) is 11.5. The molecular weight excluding hydrogens is 209 g/mol. The second kappa shape index (κ2) is 3.67. The van der Waals surface area contributed by atoms with Gasteiger partial charge in [-0.05, 0) is 20.8 Å². The number of hydrogen-bond acceptors (Lipinski definition) is 2. The van der Waals surface area contributed by atoms with Crippen LogP contribution in [0, 0.1) is 6.92 Å². The molecule has 0 N–H and O–H groups in total. The van der Waals surface area contributed by atoms with Crippen LogP contribution in [-0.4, -0.2) is 9.78 Å². The number of hydrogen-bond donors (Lipinski definition) is 0. The first kappa shape index (κ1) is 11.7. The van der Waals surface area contributed by atoms with Gasteiger partial charge in [-0.3, -0.25) is 4.79 Å². The van der Waals surface area contributed by atoms with E-state index in [4.69, 9.17) is 0 Å². The number of nitrogens with zero attached hydrogens (tertiary/aromatic N) is 2. The maximum absolute atomic E-state index is 12.4. The van der Waals surface area contributed by atoms with Crippen LogP contribution in [0.3, 0.4) is 0 Å². The van der Waals surface area contributed by atoms with Crippen molar-refractivity contribution in [2.24, 2.45) is 0 Å². The standard InChI is InChI=1S/C9H11F3N2O/c1-5(2)14-8(15)6(3)7(4-13-14)9(10,11)12/h4-5H,1-3H3. The second-order valence-electron chi connectivity index (χ2n) is 3.52. The molecule has 0 fully saturated rings. The summed E-state index contributed by atoms with van der Waals surface area (Å²) in [6, 6.07) is -0.251. The molecule has 3 nitrogen and oxygen atoms in total. The molecule has 0 aliphatic carbocycles. The van der Waals surface area contributed by atoms with Crippen molar-refractivity contribution in [2.45, 2.75) is 33.0 Å². The van der Waals surface area contributed by atoms with Crippen LogP contribution in [0.2, 0.25) is 0 Å². The van der Waals surface area contributed by atoms with Crippen molar-refractivity contribution in [2.75, 3.05) is 0 Å². The predicted molar refractivity (Wildman–Crippen MR) is 48.6 cm³/mol. The molecule has 0 amide bonds. The van der Waals surface area contributed by atoms with Crippen LogP contribution in [0.4, 0.5) is 13.2 Å². The molecule has 0 aromatic carbocycles. The van der Waals surface area contributed by atoms with E-state index in [1.54, 1.807) is 13.8 Å². The van der Waals surface area contributed by atoms with Crippen LogP contribution in [-0.2, 0) is 6.18 Å². The lowest BCUT2D eigenvalue weighted by Crippen LogP contribution is -2.29. The molecule has 1 aromatic rings. The predicted octanol–water partition coefficient (Wildman–Crippen LogP) is 2.15. The van der Waals surface area contributed by atoms with E-state index in [1.165, 1.54) is 0 Å². The molecule has 0 radical (unpaired) electrons. The third-order valence-corrected chi connectivity index (χ3v) is 2.04. The lowest BCUT2D eigenvalue weighted by Gasteiger charge is -2.13. The Morgan fingerprint density at radius 3 is 2.33 bits per heavy atom. The molecule has 0 saturated heterocycles. The van der Waals surface area contributed by atoms with Crippen molar-refractivity contribution in [3.05, 3.63) is 27.7 Å². The minimum absolute atomic E-state index is 0.251. The molecular formula is C9H11F3N2O. The molecule has 0 unspecified atom stereocenters. The molecule has 6 heteroatoms. The van der Waals surface area contributed by atoms with E-state index >= 15 is 0 Å². The smallest absolute Gasteiger partial charge is 0.267 e. The first-order valence-electron chi connectivity index (χ1n) is 4.40. The monoisotopic (exact) mass is 220 g/mol. The Morgan fingerprint density at radius 2 is 1.93 bits per heavy atom. The number of halogens is 3. The van der Waals surface area contributed by atoms with Crippen LogP contribution < -0.4 is 5.56 Å². The Morgan fingerprint density at radius 1 is 1.40 bits per heavy atom. The van der Waals surface area contributed by atoms with Crippen molar-refractivity contribution >= 4 is 0 Å². The summed E-state index contributed by atoms with van der Waals surface area (Å²) in [7, 11) is 0. The van der Waals surface area contributed by atoms with Gasteiger partial charge in [-0.15, -0.1) is 0 Å². The highest BCUT2D eigenvalue weighted by atomic mass is 19.4. The van der Waals surface area contributed by atoms with E-state index in [0.29, 0.717) is 6.20 Å². The van der Waals surface area contributed by atoms with Gasteiger partial charge in [0, 0.05) is 5.56 Å². The average Bonchev–Trinajstić information content (AvgIpc) is 2.06. The quantitative estimate of drug-likeness (QED) is 0.726. The van der Waals surface area contributed by atoms with E-state index in [-0.39, 0.29) is 11.6 Å². The minimum atomic E-state index is -4.52. The normalized spacial score (nSPS) is 12.2. The van der Waals surface area contributed by atoms with Gasteiger partial charge in [0.05, 0.1) is 17.8 Å². The second-order valence-corrected chi connectivity index (χ2v) is 3.52. The lowest BCUT2D eigenvalue weighted by atomic mass is 10.2. The molecule has 1 aromatic heterocycles. The van der Waals surface area contributed by atoms with E-state index in [2.05, 4.69) is 5.10 Å². The minimum Gasteiger partial charge on any atom is -0.267 e. The molecule has 84 valence electrons. The fourth-order valence-corrected chi connectivity index (χ4v) is 1.21. The number of aromatic nitrogens is 2. The Kier molecular flexibility index (Phi) is 2.88. The van der Waals surface area contributed by atoms with Gasteiger partial charge in [0.1, 0.15) is 0 Å². The zero-order valence-electron chi connectivity index (χ0n) is 8.59. The van der Waals surface area contributed by atoms with Crippen molar-refractivity contribution in [3.8, 4) is 0 Å². The van der Waals surface area contributed by atoms with Gasteiger partial charge in [0.2, 0.25) is 0 Å². The van der Waals surface area contributed by atoms with Gasteiger partial charge < -0.3 is 0 Å². The highest BCUT2D eigenvalue weighted by molar-refractivity contribution is 5.22. The van der Waals surface area contributed by atoms with Crippen LogP contribution in [0.5, 0.6) is 0 Å². The Hall–Kier alpha value is -1.33. The van der Waals surface area contributed by atoms with Crippen molar-refractivity contribution in [1.29, 1.82) is 0 Å². The summed E-state index contributed by atoms with van der Waals surface area (Å²) in [6.07, 6.45) is -3.83. The Bertz CT molecular complexity index is 420. The van der Waals surface area contributed by atoms with Crippen LogP contribution in [0.15, 0.2) is 11.0 Å². The number of alkyl halides is 3. The van der Waals surface area contributed by atoms with Gasteiger partial charge in [-0.2, -0.15) is 18.3 Å². The summed E-state index contributed by atoms with van der Waals surface area (Å²) in [6.45, 7) is 4.52. The van der Waals surface area contributed by atoms with Crippen LogP contribution in [0.1, 0.15) is 31.0 Å². The van der Waals surface area contributed by atoms with Crippen LogP contribution in [0.25, 0.3) is 0 Å². The molecule has 0 spiro atoms. The first-order chi connectivity index (χ1) is 6.75. The summed E-state index contributed by atoms with van der Waals surface area (Å²) in [5.74, 6) is 0. The maximum Gasteiger partial charge on any atom is 0.418 e. The van der Waals surface area contributed by atoms with E-state index in [0.717, 1.165) is 11.6 Å². The SMILES string of the molecule is Cc1c(C(F)(F)F)cnn(C(C)C)c1=O. The molecule has 0 atom stereocenters. The third kappa shape index (κ3) is 2.19. The summed E-state index contributed by atoms with van der Waals surface area (Å²) >= 11 is 0. The summed E-state index contributed by atoms with van der Waals surface area (Å²) in [5.41, 5.74) is -1.98. The van der Waals surface area contributed by atoms with Gasteiger partial charge in [0.25, 0.3) is 5.56 Å². The Labute approximate surface area is 84.5 Å². The lowest BCUT2D eigenvalue weighted by molar-refractivity contribution is -0.138. The van der Waals surface area contributed by atoms with E-state index < -0.39 is 17.3 Å². The highest BCUT2D eigenvalue weighted by Crippen LogP contribution is 2.29.